The maximum atomic E-state index is 13.5. The van der Waals surface area contributed by atoms with Crippen molar-refractivity contribution >= 4 is 17.4 Å². The van der Waals surface area contributed by atoms with Crippen molar-refractivity contribution in [1.29, 1.82) is 0 Å². The molecule has 224 valence electrons. The minimum absolute atomic E-state index is 0.0424. The van der Waals surface area contributed by atoms with Crippen LogP contribution in [0.2, 0.25) is 0 Å². The standard InChI is InChI=1S/C33H41N3O6/c1-5-19-41-26-11-8-24(9-12-26)31(37)29-30(36(33(39)32(29)38)17-7-16-35-18-15-34-22-35)25-10-13-27(28(21-25)40-6-2)42-20-14-23(3)4/h8-13,15,18,21-23,30,37H,5-7,14,16-17,19-20H2,1-4H3/b31-29+. The number of ether oxygens (including phenoxy) is 3. The van der Waals surface area contributed by atoms with E-state index in [1.165, 1.54) is 4.90 Å². The third-order valence-electron chi connectivity index (χ3n) is 7.05. The zero-order chi connectivity index (χ0) is 30.1. The summed E-state index contributed by atoms with van der Waals surface area (Å²) >= 11 is 0. The molecule has 1 N–H and O–H groups in total. The molecule has 1 aliphatic heterocycles. The number of imidazole rings is 1. The van der Waals surface area contributed by atoms with Crippen molar-refractivity contribution in [1.82, 2.24) is 14.5 Å². The van der Waals surface area contributed by atoms with Gasteiger partial charge >= 0.3 is 0 Å². The van der Waals surface area contributed by atoms with Crippen LogP contribution in [0.4, 0.5) is 0 Å². The molecule has 0 spiro atoms. The number of likely N-dealkylation sites (tertiary alicyclic amines) is 1. The van der Waals surface area contributed by atoms with Crippen LogP contribution in [0.1, 0.15) is 64.1 Å². The molecule has 1 aromatic heterocycles. The molecule has 1 saturated heterocycles. The highest BCUT2D eigenvalue weighted by molar-refractivity contribution is 6.46. The van der Waals surface area contributed by atoms with Gasteiger partial charge in [-0.05, 0) is 74.1 Å². The van der Waals surface area contributed by atoms with Crippen molar-refractivity contribution in [3.63, 3.8) is 0 Å². The van der Waals surface area contributed by atoms with Crippen LogP contribution in [-0.2, 0) is 16.1 Å². The minimum Gasteiger partial charge on any atom is -0.507 e. The van der Waals surface area contributed by atoms with E-state index in [9.17, 15) is 14.7 Å². The van der Waals surface area contributed by atoms with Crippen molar-refractivity contribution in [3.05, 3.63) is 77.9 Å². The van der Waals surface area contributed by atoms with E-state index < -0.39 is 17.7 Å². The second-order valence-electron chi connectivity index (χ2n) is 10.7. The topological polar surface area (TPSA) is 103 Å². The van der Waals surface area contributed by atoms with Crippen molar-refractivity contribution < 1.29 is 28.9 Å². The number of aliphatic hydroxyl groups is 1. The first-order valence-corrected chi connectivity index (χ1v) is 14.7. The van der Waals surface area contributed by atoms with Crippen LogP contribution < -0.4 is 14.2 Å². The second kappa shape index (κ2) is 14.6. The van der Waals surface area contributed by atoms with E-state index in [0.717, 1.165) is 12.8 Å². The Kier molecular flexibility index (Phi) is 10.6. The van der Waals surface area contributed by atoms with Gasteiger partial charge in [0, 0.05) is 31.0 Å². The Labute approximate surface area is 247 Å². The van der Waals surface area contributed by atoms with Gasteiger partial charge in [0.2, 0.25) is 0 Å². The van der Waals surface area contributed by atoms with Gasteiger partial charge in [-0.25, -0.2) is 4.98 Å². The molecule has 9 heteroatoms. The van der Waals surface area contributed by atoms with Crippen molar-refractivity contribution in [3.8, 4) is 17.2 Å². The first-order valence-electron chi connectivity index (χ1n) is 14.7. The van der Waals surface area contributed by atoms with Crippen molar-refractivity contribution in [2.24, 2.45) is 5.92 Å². The van der Waals surface area contributed by atoms with E-state index in [1.807, 2.05) is 42.8 Å². The summed E-state index contributed by atoms with van der Waals surface area (Å²) in [5, 5.41) is 11.5. The molecule has 1 aliphatic rings. The number of carbonyl (C=O) groups is 2. The van der Waals surface area contributed by atoms with Gasteiger partial charge in [-0.1, -0.05) is 26.8 Å². The predicted octanol–water partition coefficient (Wildman–Crippen LogP) is 6.01. The Morgan fingerprint density at radius 2 is 1.76 bits per heavy atom. The summed E-state index contributed by atoms with van der Waals surface area (Å²) in [5.41, 5.74) is 1.13. The number of carbonyl (C=O) groups excluding carboxylic acids is 2. The lowest BCUT2D eigenvalue weighted by molar-refractivity contribution is -0.139. The average molecular weight is 576 g/mol. The Morgan fingerprint density at radius 1 is 0.976 bits per heavy atom. The minimum atomic E-state index is -0.798. The number of aryl methyl sites for hydroxylation is 1. The highest BCUT2D eigenvalue weighted by atomic mass is 16.5. The maximum Gasteiger partial charge on any atom is 0.295 e. The third kappa shape index (κ3) is 7.32. The Balaban J connectivity index is 1.72. The molecule has 0 bridgehead atoms. The van der Waals surface area contributed by atoms with Crippen LogP contribution in [0, 0.1) is 5.92 Å². The van der Waals surface area contributed by atoms with Crippen molar-refractivity contribution in [2.45, 2.75) is 59.5 Å². The Hall–Kier alpha value is -4.27. The highest BCUT2D eigenvalue weighted by Gasteiger charge is 2.46. The van der Waals surface area contributed by atoms with E-state index in [2.05, 4.69) is 18.8 Å². The van der Waals surface area contributed by atoms with Crippen LogP contribution in [0.25, 0.3) is 5.76 Å². The van der Waals surface area contributed by atoms with Crippen LogP contribution in [0.15, 0.2) is 66.8 Å². The smallest absolute Gasteiger partial charge is 0.295 e. The molecule has 42 heavy (non-hydrogen) atoms. The molecule has 2 aromatic carbocycles. The lowest BCUT2D eigenvalue weighted by Gasteiger charge is -2.26. The Morgan fingerprint density at radius 3 is 2.43 bits per heavy atom. The summed E-state index contributed by atoms with van der Waals surface area (Å²) in [6, 6.07) is 11.5. The molecule has 4 rings (SSSR count). The number of hydrogen-bond acceptors (Lipinski definition) is 7. The first kappa shape index (κ1) is 30.7. The Bertz CT molecular complexity index is 1360. The van der Waals surface area contributed by atoms with Gasteiger partial charge < -0.3 is 28.8 Å². The lowest BCUT2D eigenvalue weighted by atomic mass is 9.95. The second-order valence-corrected chi connectivity index (χ2v) is 10.7. The first-order chi connectivity index (χ1) is 20.3. The van der Waals surface area contributed by atoms with Crippen molar-refractivity contribution in [2.75, 3.05) is 26.4 Å². The number of benzene rings is 2. The summed E-state index contributed by atoms with van der Waals surface area (Å²) in [4.78, 5) is 32.5. The average Bonchev–Trinajstić information content (AvgIpc) is 3.59. The molecule has 0 saturated carbocycles. The number of aliphatic hydroxyl groups excluding tert-OH is 1. The van der Waals surface area contributed by atoms with Crippen LogP contribution in [-0.4, -0.2) is 57.6 Å². The molecular weight excluding hydrogens is 534 g/mol. The largest absolute Gasteiger partial charge is 0.507 e. The summed E-state index contributed by atoms with van der Waals surface area (Å²) in [5.74, 6) is 0.689. The van der Waals surface area contributed by atoms with E-state index in [4.69, 9.17) is 14.2 Å². The number of amides is 1. The van der Waals surface area contributed by atoms with Gasteiger partial charge in [0.1, 0.15) is 11.5 Å². The maximum absolute atomic E-state index is 13.5. The predicted molar refractivity (Wildman–Crippen MR) is 161 cm³/mol. The van der Waals surface area contributed by atoms with Gasteiger partial charge in [-0.15, -0.1) is 0 Å². The molecule has 1 unspecified atom stereocenters. The molecule has 0 radical (unpaired) electrons. The quantitative estimate of drug-likeness (QED) is 0.135. The number of aromatic nitrogens is 2. The molecule has 1 amide bonds. The van der Waals surface area contributed by atoms with Gasteiger partial charge in [0.05, 0.1) is 37.8 Å². The van der Waals surface area contributed by atoms with Crippen LogP contribution >= 0.6 is 0 Å². The van der Waals surface area contributed by atoms with E-state index >= 15 is 0 Å². The van der Waals surface area contributed by atoms with E-state index in [1.54, 1.807) is 36.8 Å². The zero-order valence-corrected chi connectivity index (χ0v) is 24.9. The molecule has 1 fully saturated rings. The molecular formula is C33H41N3O6. The van der Waals surface area contributed by atoms with Gasteiger partial charge in [-0.3, -0.25) is 9.59 Å². The lowest BCUT2D eigenvalue weighted by Crippen LogP contribution is -2.31. The number of Topliss-reactive ketones (excluding diaryl/α,β-unsaturated/α-hetero) is 1. The van der Waals surface area contributed by atoms with E-state index in [-0.39, 0.29) is 11.3 Å². The number of nitrogens with zero attached hydrogens (tertiary/aromatic N) is 3. The highest BCUT2D eigenvalue weighted by Crippen LogP contribution is 2.42. The third-order valence-corrected chi connectivity index (χ3v) is 7.05. The summed E-state index contributed by atoms with van der Waals surface area (Å²) < 4.78 is 19.5. The fourth-order valence-electron chi connectivity index (χ4n) is 4.87. The molecule has 9 nitrogen and oxygen atoms in total. The summed E-state index contributed by atoms with van der Waals surface area (Å²) in [6.45, 7) is 10.7. The molecule has 0 aliphatic carbocycles. The fraction of sp³-hybridized carbons (Fsp3) is 0.424. The zero-order valence-electron chi connectivity index (χ0n) is 24.9. The van der Waals surface area contributed by atoms with Gasteiger partial charge in [0.25, 0.3) is 11.7 Å². The molecule has 1 atom stereocenters. The molecule has 3 aromatic rings. The number of ketones is 1. The fourth-order valence-corrected chi connectivity index (χ4v) is 4.87. The SMILES string of the molecule is CCCOc1ccc(/C(O)=C2\C(=O)C(=O)N(CCCn3ccnc3)C2c2ccc(OCCC(C)C)c(OCC)c2)cc1. The summed E-state index contributed by atoms with van der Waals surface area (Å²) in [6.07, 6.45) is 7.63. The van der Waals surface area contributed by atoms with E-state index in [0.29, 0.717) is 73.6 Å². The van der Waals surface area contributed by atoms with Crippen LogP contribution in [0.5, 0.6) is 17.2 Å². The normalized spacial score (nSPS) is 16.3. The monoisotopic (exact) mass is 575 g/mol. The van der Waals surface area contributed by atoms with Gasteiger partial charge in [-0.2, -0.15) is 0 Å². The number of rotatable bonds is 15. The van der Waals surface area contributed by atoms with Gasteiger partial charge in [0.15, 0.2) is 11.5 Å². The number of hydrogen-bond donors (Lipinski definition) is 1. The molecule has 2 heterocycles. The summed E-state index contributed by atoms with van der Waals surface area (Å²) in [7, 11) is 0. The van der Waals surface area contributed by atoms with Crippen LogP contribution in [0.3, 0.4) is 0 Å².